The van der Waals surface area contributed by atoms with Gasteiger partial charge in [-0.15, -0.1) is 0 Å². The first-order valence-electron chi connectivity index (χ1n) is 7.45. The van der Waals surface area contributed by atoms with Crippen LogP contribution in [0.1, 0.15) is 19.4 Å². The van der Waals surface area contributed by atoms with E-state index in [2.05, 4.69) is 10.2 Å². The summed E-state index contributed by atoms with van der Waals surface area (Å²) in [4.78, 5) is 22.9. The second-order valence-corrected chi connectivity index (χ2v) is 5.96. The van der Waals surface area contributed by atoms with Gasteiger partial charge in [-0.25, -0.2) is 9.89 Å². The van der Waals surface area contributed by atoms with Gasteiger partial charge in [-0.2, -0.15) is 5.10 Å². The molecule has 1 heterocycles. The van der Waals surface area contributed by atoms with Crippen LogP contribution in [-0.2, 0) is 10.3 Å². The third-order valence-corrected chi connectivity index (χ3v) is 3.91. The van der Waals surface area contributed by atoms with E-state index in [-0.39, 0.29) is 5.56 Å². The van der Waals surface area contributed by atoms with Crippen LogP contribution >= 0.6 is 0 Å². The van der Waals surface area contributed by atoms with E-state index in [1.165, 1.54) is 0 Å². The van der Waals surface area contributed by atoms with Gasteiger partial charge in [0.1, 0.15) is 5.60 Å². The number of ether oxygens (including phenoxy) is 1. The molecule has 1 amide bonds. The van der Waals surface area contributed by atoms with Crippen LogP contribution < -0.4 is 11.3 Å². The lowest BCUT2D eigenvalue weighted by Crippen LogP contribution is -2.28. The molecule has 0 aliphatic rings. The summed E-state index contributed by atoms with van der Waals surface area (Å²) >= 11 is 0. The molecular formula is C18H17N3O3. The van der Waals surface area contributed by atoms with Gasteiger partial charge in [-0.05, 0) is 25.5 Å². The highest BCUT2D eigenvalue weighted by Crippen LogP contribution is 2.29. The van der Waals surface area contributed by atoms with Gasteiger partial charge in [0.15, 0.2) is 0 Å². The smallest absolute Gasteiger partial charge is 0.405 e. The molecule has 3 aromatic rings. The van der Waals surface area contributed by atoms with Gasteiger partial charge in [0.2, 0.25) is 0 Å². The van der Waals surface area contributed by atoms with Crippen molar-refractivity contribution in [1.82, 2.24) is 10.2 Å². The molecule has 6 heteroatoms. The second kappa shape index (κ2) is 5.81. The minimum absolute atomic E-state index is 0.220. The molecule has 0 aliphatic carbocycles. The maximum Gasteiger partial charge on any atom is 0.405 e. The highest BCUT2D eigenvalue weighted by molar-refractivity contribution is 5.93. The minimum atomic E-state index is -0.829. The molecule has 0 saturated heterocycles. The quantitative estimate of drug-likeness (QED) is 0.774. The number of hydrogen-bond acceptors (Lipinski definition) is 4. The number of nitrogens with two attached hydrogens (primary N) is 1. The Bertz CT molecular complexity index is 959. The van der Waals surface area contributed by atoms with Crippen molar-refractivity contribution in [3.8, 4) is 11.3 Å². The summed E-state index contributed by atoms with van der Waals surface area (Å²) < 4.78 is 5.13. The van der Waals surface area contributed by atoms with Crippen LogP contribution in [0.4, 0.5) is 4.79 Å². The molecule has 0 bridgehead atoms. The average molecular weight is 323 g/mol. The predicted octanol–water partition coefficient (Wildman–Crippen LogP) is 2.92. The molecule has 0 saturated carbocycles. The van der Waals surface area contributed by atoms with E-state index >= 15 is 0 Å². The number of nitrogens with one attached hydrogen (secondary N) is 1. The molecule has 0 aliphatic heterocycles. The molecule has 3 N–H and O–H groups in total. The van der Waals surface area contributed by atoms with Crippen molar-refractivity contribution < 1.29 is 9.53 Å². The van der Waals surface area contributed by atoms with Gasteiger partial charge in [0.05, 0.1) is 11.1 Å². The SMILES string of the molecule is CC(C)(OC(N)=O)c1ccc(-c2n[nH]c(=O)c3ccccc23)cc1. The van der Waals surface area contributed by atoms with E-state index in [1.807, 2.05) is 42.5 Å². The Morgan fingerprint density at radius 1 is 1.08 bits per heavy atom. The molecule has 1 aromatic heterocycles. The van der Waals surface area contributed by atoms with Crippen LogP contribution in [0.3, 0.4) is 0 Å². The van der Waals surface area contributed by atoms with Crippen molar-refractivity contribution in [2.24, 2.45) is 5.73 Å². The largest absolute Gasteiger partial charge is 0.439 e. The Hall–Kier alpha value is -3.15. The molecule has 122 valence electrons. The number of benzene rings is 2. The molecule has 6 nitrogen and oxygen atoms in total. The molecule has 24 heavy (non-hydrogen) atoms. The van der Waals surface area contributed by atoms with Crippen molar-refractivity contribution in [2.75, 3.05) is 0 Å². The second-order valence-electron chi connectivity index (χ2n) is 5.96. The van der Waals surface area contributed by atoms with Crippen LogP contribution in [0.25, 0.3) is 22.0 Å². The number of rotatable bonds is 3. The van der Waals surface area contributed by atoms with Gasteiger partial charge >= 0.3 is 6.09 Å². The lowest BCUT2D eigenvalue weighted by molar-refractivity contribution is 0.0432. The third-order valence-electron chi connectivity index (χ3n) is 3.91. The summed E-state index contributed by atoms with van der Waals surface area (Å²) in [5.74, 6) is 0. The van der Waals surface area contributed by atoms with Gasteiger partial charge in [0, 0.05) is 10.9 Å². The first-order valence-corrected chi connectivity index (χ1v) is 7.45. The van der Waals surface area contributed by atoms with Crippen LogP contribution in [0.15, 0.2) is 53.3 Å². The molecule has 0 unspecified atom stereocenters. The van der Waals surface area contributed by atoms with Crippen molar-refractivity contribution in [3.63, 3.8) is 0 Å². The van der Waals surface area contributed by atoms with Crippen molar-refractivity contribution in [2.45, 2.75) is 19.4 Å². The lowest BCUT2D eigenvalue weighted by atomic mass is 9.95. The summed E-state index contributed by atoms with van der Waals surface area (Å²) in [6.07, 6.45) is -0.822. The third kappa shape index (κ3) is 2.86. The molecular weight excluding hydrogens is 306 g/mol. The summed E-state index contributed by atoms with van der Waals surface area (Å²) in [7, 11) is 0. The van der Waals surface area contributed by atoms with E-state index < -0.39 is 11.7 Å². The zero-order valence-corrected chi connectivity index (χ0v) is 13.4. The van der Waals surface area contributed by atoms with Crippen LogP contribution in [-0.4, -0.2) is 16.3 Å². The average Bonchev–Trinajstić information content (AvgIpc) is 2.54. The summed E-state index contributed by atoms with van der Waals surface area (Å²) in [6, 6.07) is 14.7. The Labute approximate surface area is 138 Å². The van der Waals surface area contributed by atoms with Crippen LogP contribution in [0.2, 0.25) is 0 Å². The normalized spacial score (nSPS) is 11.4. The molecule has 0 atom stereocenters. The van der Waals surface area contributed by atoms with Gasteiger partial charge < -0.3 is 10.5 Å². The number of amides is 1. The van der Waals surface area contributed by atoms with E-state index in [9.17, 15) is 9.59 Å². The zero-order chi connectivity index (χ0) is 17.3. The van der Waals surface area contributed by atoms with Gasteiger partial charge in [0.25, 0.3) is 5.56 Å². The number of aromatic amines is 1. The van der Waals surface area contributed by atoms with Gasteiger partial charge in [-0.1, -0.05) is 42.5 Å². The number of aromatic nitrogens is 2. The van der Waals surface area contributed by atoms with E-state index in [1.54, 1.807) is 19.9 Å². The number of fused-ring (bicyclic) bond motifs is 1. The van der Waals surface area contributed by atoms with Crippen molar-refractivity contribution >= 4 is 16.9 Å². The molecule has 0 radical (unpaired) electrons. The predicted molar refractivity (Wildman–Crippen MR) is 91.5 cm³/mol. The minimum Gasteiger partial charge on any atom is -0.439 e. The number of nitrogens with zero attached hydrogens (tertiary/aromatic N) is 1. The summed E-state index contributed by atoms with van der Waals surface area (Å²) in [5.41, 5.74) is 6.40. The molecule has 0 fully saturated rings. The maximum absolute atomic E-state index is 11.9. The molecule has 0 spiro atoms. The number of carbonyl (C=O) groups is 1. The fourth-order valence-electron chi connectivity index (χ4n) is 2.67. The maximum atomic E-state index is 11.9. The number of primary amides is 1. The topological polar surface area (TPSA) is 98.1 Å². The Morgan fingerprint density at radius 3 is 2.33 bits per heavy atom. The zero-order valence-electron chi connectivity index (χ0n) is 13.4. The van der Waals surface area contributed by atoms with Crippen LogP contribution in [0, 0.1) is 0 Å². The number of hydrogen-bond donors (Lipinski definition) is 2. The highest BCUT2D eigenvalue weighted by Gasteiger charge is 2.24. The van der Waals surface area contributed by atoms with Crippen molar-refractivity contribution in [1.29, 1.82) is 0 Å². The Balaban J connectivity index is 2.05. The first-order chi connectivity index (χ1) is 11.4. The van der Waals surface area contributed by atoms with E-state index in [4.69, 9.17) is 10.5 Å². The van der Waals surface area contributed by atoms with Gasteiger partial charge in [-0.3, -0.25) is 4.79 Å². The van der Waals surface area contributed by atoms with Crippen molar-refractivity contribution in [3.05, 3.63) is 64.4 Å². The first kappa shape index (κ1) is 15.7. The summed E-state index contributed by atoms with van der Waals surface area (Å²) in [6.45, 7) is 3.53. The highest BCUT2D eigenvalue weighted by atomic mass is 16.6. The Kier molecular flexibility index (Phi) is 3.81. The van der Waals surface area contributed by atoms with E-state index in [0.717, 1.165) is 16.5 Å². The number of H-pyrrole nitrogens is 1. The fraction of sp³-hybridized carbons (Fsp3) is 0.167. The molecule has 3 rings (SSSR count). The molecule has 2 aromatic carbocycles. The fourth-order valence-corrected chi connectivity index (χ4v) is 2.67. The van der Waals surface area contributed by atoms with Crippen LogP contribution in [0.5, 0.6) is 0 Å². The van der Waals surface area contributed by atoms with E-state index in [0.29, 0.717) is 11.1 Å². The number of carbonyl (C=O) groups excluding carboxylic acids is 1. The summed E-state index contributed by atoms with van der Waals surface area (Å²) in [5, 5.41) is 8.06. The monoisotopic (exact) mass is 323 g/mol. The Morgan fingerprint density at radius 2 is 1.71 bits per heavy atom. The lowest BCUT2D eigenvalue weighted by Gasteiger charge is -2.24. The standard InChI is InChI=1S/C18H17N3O3/c1-18(2,24-17(19)23)12-9-7-11(8-10-12)15-13-5-3-4-6-14(13)16(22)21-20-15/h3-10H,1-2H3,(H2,19,23)(H,21,22).